The molecule has 2 aliphatic heterocycles. The van der Waals surface area contributed by atoms with Crippen LogP contribution < -0.4 is 0 Å². The average Bonchev–Trinajstić information content (AvgIpc) is 3.51. The van der Waals surface area contributed by atoms with Crippen LogP contribution >= 0.6 is 12.2 Å². The molecule has 0 spiro atoms. The predicted molar refractivity (Wildman–Crippen MR) is 121 cm³/mol. The van der Waals surface area contributed by atoms with Gasteiger partial charge in [-0.15, -0.1) is 0 Å². The number of nitrogens with one attached hydrogen (secondary N) is 1. The molecule has 2 aliphatic rings. The fourth-order valence-electron chi connectivity index (χ4n) is 4.58. The van der Waals surface area contributed by atoms with Crippen molar-refractivity contribution in [3.8, 4) is 11.4 Å². The van der Waals surface area contributed by atoms with E-state index < -0.39 is 0 Å². The highest BCUT2D eigenvalue weighted by molar-refractivity contribution is 7.71. The molecule has 30 heavy (non-hydrogen) atoms. The third kappa shape index (κ3) is 3.85. The van der Waals surface area contributed by atoms with Crippen LogP contribution in [0.25, 0.3) is 22.3 Å². The molecule has 2 saturated heterocycles. The maximum absolute atomic E-state index is 5.93. The Labute approximate surface area is 182 Å². The Morgan fingerprint density at radius 2 is 1.97 bits per heavy atom. The Morgan fingerprint density at radius 3 is 2.73 bits per heavy atom. The van der Waals surface area contributed by atoms with E-state index in [0.29, 0.717) is 0 Å². The number of aromatic nitrogens is 4. The van der Waals surface area contributed by atoms with Gasteiger partial charge < -0.3 is 14.6 Å². The van der Waals surface area contributed by atoms with E-state index in [9.17, 15) is 0 Å². The summed E-state index contributed by atoms with van der Waals surface area (Å²) < 4.78 is 10.9. The number of benzene rings is 1. The number of hydrogen-bond acceptors (Lipinski definition) is 5. The van der Waals surface area contributed by atoms with Crippen molar-refractivity contribution in [1.29, 1.82) is 0 Å². The molecule has 2 fully saturated rings. The van der Waals surface area contributed by atoms with E-state index in [0.717, 1.165) is 87.1 Å². The molecule has 8 heteroatoms. The van der Waals surface area contributed by atoms with E-state index in [2.05, 4.69) is 56.7 Å². The van der Waals surface area contributed by atoms with Gasteiger partial charge in [0, 0.05) is 55.4 Å². The van der Waals surface area contributed by atoms with Gasteiger partial charge in [0.1, 0.15) is 0 Å². The average molecular weight is 427 g/mol. The monoisotopic (exact) mass is 426 g/mol. The number of nitrogens with zero attached hydrogens (tertiary/aromatic N) is 5. The molecule has 0 saturated carbocycles. The normalized spacial score (nSPS) is 21.0. The summed E-state index contributed by atoms with van der Waals surface area (Å²) in [5.41, 5.74) is 2.22. The van der Waals surface area contributed by atoms with Crippen LogP contribution in [0.4, 0.5) is 0 Å². The largest absolute Gasteiger partial charge is 0.376 e. The zero-order chi connectivity index (χ0) is 20.5. The van der Waals surface area contributed by atoms with Gasteiger partial charge in [-0.3, -0.25) is 9.47 Å². The Bertz CT molecular complexity index is 1060. The third-order valence-corrected chi connectivity index (χ3v) is 6.84. The number of hydrogen-bond donors (Lipinski definition) is 1. The molecule has 0 aliphatic carbocycles. The van der Waals surface area contributed by atoms with Crippen molar-refractivity contribution in [1.82, 2.24) is 29.1 Å². The summed E-state index contributed by atoms with van der Waals surface area (Å²) >= 11 is 5.92. The number of rotatable bonds is 6. The second-order valence-electron chi connectivity index (χ2n) is 8.29. The van der Waals surface area contributed by atoms with Gasteiger partial charge in [0.25, 0.3) is 0 Å². The van der Waals surface area contributed by atoms with Crippen molar-refractivity contribution in [3.05, 3.63) is 35.2 Å². The molecule has 1 atom stereocenters. The molecule has 4 heterocycles. The zero-order valence-corrected chi connectivity index (χ0v) is 18.4. The van der Waals surface area contributed by atoms with Gasteiger partial charge in [-0.25, -0.2) is 4.68 Å². The second-order valence-corrected chi connectivity index (χ2v) is 8.66. The zero-order valence-electron chi connectivity index (χ0n) is 17.6. The molecule has 0 unspecified atom stereocenters. The van der Waals surface area contributed by atoms with Crippen LogP contribution in [0.5, 0.6) is 0 Å². The van der Waals surface area contributed by atoms with E-state index in [4.69, 9.17) is 22.1 Å². The van der Waals surface area contributed by atoms with Gasteiger partial charge in [-0.2, -0.15) is 5.10 Å². The quantitative estimate of drug-likeness (QED) is 0.613. The molecule has 3 aromatic rings. The van der Waals surface area contributed by atoms with Crippen molar-refractivity contribution >= 4 is 23.1 Å². The van der Waals surface area contributed by atoms with Crippen molar-refractivity contribution in [2.45, 2.75) is 39.1 Å². The molecule has 2 aromatic heterocycles. The van der Waals surface area contributed by atoms with Crippen LogP contribution in [0.15, 0.2) is 30.5 Å². The summed E-state index contributed by atoms with van der Waals surface area (Å²) in [4.78, 5) is 8.32. The van der Waals surface area contributed by atoms with Gasteiger partial charge in [0.15, 0.2) is 10.6 Å². The van der Waals surface area contributed by atoms with Gasteiger partial charge in [-0.05, 0) is 37.7 Å². The minimum Gasteiger partial charge on any atom is -0.376 e. The fraction of sp³-hybridized carbons (Fsp3) is 0.545. The maximum Gasteiger partial charge on any atom is 0.199 e. The molecule has 1 aromatic carbocycles. The number of ether oxygens (including phenoxy) is 1. The van der Waals surface area contributed by atoms with Gasteiger partial charge in [-0.1, -0.05) is 25.1 Å². The van der Waals surface area contributed by atoms with Gasteiger partial charge in [0.2, 0.25) is 0 Å². The first-order valence-corrected chi connectivity index (χ1v) is 11.4. The first-order chi connectivity index (χ1) is 14.7. The van der Waals surface area contributed by atoms with Crippen LogP contribution in [0, 0.1) is 4.77 Å². The summed E-state index contributed by atoms with van der Waals surface area (Å²) in [5, 5.41) is 6.20. The van der Waals surface area contributed by atoms with Crippen LogP contribution in [-0.4, -0.2) is 74.6 Å². The van der Waals surface area contributed by atoms with Crippen molar-refractivity contribution in [2.75, 3.05) is 39.3 Å². The Kier molecular flexibility index (Phi) is 5.73. The van der Waals surface area contributed by atoms with E-state index in [1.165, 1.54) is 5.39 Å². The van der Waals surface area contributed by atoms with Crippen molar-refractivity contribution in [3.63, 3.8) is 0 Å². The second kappa shape index (κ2) is 8.63. The summed E-state index contributed by atoms with van der Waals surface area (Å²) in [6, 6.07) is 8.37. The van der Waals surface area contributed by atoms with E-state index in [1.807, 2.05) is 4.68 Å². The lowest BCUT2D eigenvalue weighted by Crippen LogP contribution is -2.46. The SMILES string of the molecule is CCN1CCN(Cn2nc(-c3c[nH]c4ccccc34)n(C[C@@H]3CCCO3)c2=S)CC1. The lowest BCUT2D eigenvalue weighted by atomic mass is 10.1. The lowest BCUT2D eigenvalue weighted by molar-refractivity contribution is 0.0954. The van der Waals surface area contributed by atoms with Crippen LogP contribution in [0.2, 0.25) is 0 Å². The molecule has 0 radical (unpaired) electrons. The molecule has 5 rings (SSSR count). The summed E-state index contributed by atoms with van der Waals surface area (Å²) in [6.45, 7) is 10.0. The number of aromatic amines is 1. The smallest absolute Gasteiger partial charge is 0.199 e. The molecular formula is C22H30N6OS. The topological polar surface area (TPSA) is 54.2 Å². The highest BCUT2D eigenvalue weighted by Crippen LogP contribution is 2.29. The Hall–Kier alpha value is -2.00. The Balaban J connectivity index is 1.49. The summed E-state index contributed by atoms with van der Waals surface area (Å²) in [5.74, 6) is 0.931. The molecule has 160 valence electrons. The highest BCUT2D eigenvalue weighted by atomic mass is 32.1. The van der Waals surface area contributed by atoms with Crippen LogP contribution in [0.3, 0.4) is 0 Å². The van der Waals surface area contributed by atoms with E-state index >= 15 is 0 Å². The minimum atomic E-state index is 0.214. The Morgan fingerprint density at radius 1 is 1.17 bits per heavy atom. The first kappa shape index (κ1) is 19.9. The molecule has 0 bridgehead atoms. The minimum absolute atomic E-state index is 0.214. The number of para-hydroxylation sites is 1. The maximum atomic E-state index is 5.93. The molecule has 1 N–H and O–H groups in total. The lowest BCUT2D eigenvalue weighted by Gasteiger charge is -2.33. The molecular weight excluding hydrogens is 396 g/mol. The van der Waals surface area contributed by atoms with Crippen molar-refractivity contribution in [2.24, 2.45) is 0 Å². The van der Waals surface area contributed by atoms with Crippen LogP contribution in [0.1, 0.15) is 19.8 Å². The first-order valence-electron chi connectivity index (χ1n) is 11.0. The van der Waals surface area contributed by atoms with E-state index in [1.54, 1.807) is 0 Å². The highest BCUT2D eigenvalue weighted by Gasteiger charge is 2.23. The number of likely N-dealkylation sites (N-methyl/N-ethyl adjacent to an activating group) is 1. The number of piperazine rings is 1. The summed E-state index contributed by atoms with van der Waals surface area (Å²) in [7, 11) is 0. The van der Waals surface area contributed by atoms with Gasteiger partial charge in [0.05, 0.1) is 19.3 Å². The fourth-order valence-corrected chi connectivity index (χ4v) is 4.84. The van der Waals surface area contributed by atoms with Gasteiger partial charge >= 0.3 is 0 Å². The summed E-state index contributed by atoms with van der Waals surface area (Å²) in [6.07, 6.45) is 4.47. The van der Waals surface area contributed by atoms with Crippen LogP contribution in [-0.2, 0) is 18.0 Å². The van der Waals surface area contributed by atoms with Crippen molar-refractivity contribution < 1.29 is 4.74 Å². The molecule has 7 nitrogen and oxygen atoms in total. The molecule has 0 amide bonds. The van der Waals surface area contributed by atoms with E-state index in [-0.39, 0.29) is 6.10 Å². The predicted octanol–water partition coefficient (Wildman–Crippen LogP) is 3.34. The third-order valence-electron chi connectivity index (χ3n) is 6.41. The number of H-pyrrole nitrogens is 1. The number of fused-ring (bicyclic) bond motifs is 1. The standard InChI is InChI=1S/C22H30N6OS/c1-2-25-9-11-26(12-10-25)16-28-22(30)27(15-17-6-5-13-29-17)21(24-28)19-14-23-20-8-4-3-7-18(19)20/h3-4,7-8,14,17,23H,2,5-6,9-13,15-16H2,1H3/t17-/m0/s1.